The van der Waals surface area contributed by atoms with Gasteiger partial charge in [-0.3, -0.25) is 0 Å². The number of hydrogen-bond donors (Lipinski definition) is 1. The zero-order valence-corrected chi connectivity index (χ0v) is 15.7. The summed E-state index contributed by atoms with van der Waals surface area (Å²) in [5, 5.41) is 4.82. The molecule has 0 radical (unpaired) electrons. The van der Waals surface area contributed by atoms with Crippen LogP contribution in [0.2, 0.25) is 0 Å². The van der Waals surface area contributed by atoms with E-state index in [1.165, 1.54) is 15.6 Å². The number of nitrogens with one attached hydrogen (secondary N) is 1. The van der Waals surface area contributed by atoms with E-state index in [4.69, 9.17) is 4.98 Å². The van der Waals surface area contributed by atoms with Crippen molar-refractivity contribution >= 4 is 11.3 Å². The van der Waals surface area contributed by atoms with Gasteiger partial charge in [0, 0.05) is 35.8 Å². The van der Waals surface area contributed by atoms with Crippen LogP contribution in [0.15, 0.2) is 0 Å². The minimum Gasteiger partial charge on any atom is -0.310 e. The maximum absolute atomic E-state index is 4.95. The highest BCUT2D eigenvalue weighted by Gasteiger charge is 2.23. The quantitative estimate of drug-likeness (QED) is 0.791. The molecule has 1 N–H and O–H groups in total. The summed E-state index contributed by atoms with van der Waals surface area (Å²) in [6.45, 7) is 19.9. The van der Waals surface area contributed by atoms with E-state index in [1.807, 2.05) is 11.3 Å². The van der Waals surface area contributed by atoms with E-state index < -0.39 is 0 Å². The van der Waals surface area contributed by atoms with Gasteiger partial charge < -0.3 is 10.2 Å². The van der Waals surface area contributed by atoms with Crippen LogP contribution in [0.1, 0.15) is 64.0 Å². The van der Waals surface area contributed by atoms with Crippen molar-refractivity contribution in [3.63, 3.8) is 0 Å². The second-order valence-electron chi connectivity index (χ2n) is 6.94. The van der Waals surface area contributed by atoms with Gasteiger partial charge in [-0.05, 0) is 13.1 Å². The molecule has 0 bridgehead atoms. The van der Waals surface area contributed by atoms with E-state index in [9.17, 15) is 0 Å². The zero-order valence-electron chi connectivity index (χ0n) is 14.9. The number of nitrogens with zero attached hydrogens (tertiary/aromatic N) is 2. The van der Waals surface area contributed by atoms with Crippen LogP contribution in [0, 0.1) is 0 Å². The maximum Gasteiger partial charge on any atom is 0.0944 e. The largest absolute Gasteiger partial charge is 0.310 e. The molecule has 122 valence electrons. The fourth-order valence-electron chi connectivity index (χ4n) is 2.30. The first kappa shape index (κ1) is 18.6. The SMILES string of the molecule is CCN(CC)CCc1nc(C(C)(C)C)c(CNC(C)C)s1. The Labute approximate surface area is 135 Å². The second-order valence-corrected chi connectivity index (χ2v) is 8.11. The normalized spacial score (nSPS) is 12.6. The molecule has 0 aliphatic heterocycles. The molecule has 0 aromatic carbocycles. The summed E-state index contributed by atoms with van der Waals surface area (Å²) in [5.41, 5.74) is 1.40. The Kier molecular flexibility index (Phi) is 7.31. The molecular formula is C17H33N3S. The molecular weight excluding hydrogens is 278 g/mol. The summed E-state index contributed by atoms with van der Waals surface area (Å²) in [7, 11) is 0. The van der Waals surface area contributed by atoms with Crippen molar-refractivity contribution in [3.8, 4) is 0 Å². The van der Waals surface area contributed by atoms with Crippen molar-refractivity contribution in [3.05, 3.63) is 15.6 Å². The molecule has 1 heterocycles. The Morgan fingerprint density at radius 1 is 1.19 bits per heavy atom. The third kappa shape index (κ3) is 6.05. The lowest BCUT2D eigenvalue weighted by Crippen LogP contribution is -2.25. The number of hydrogen-bond acceptors (Lipinski definition) is 4. The average Bonchev–Trinajstić information content (AvgIpc) is 2.81. The molecule has 1 rings (SSSR count). The molecule has 0 unspecified atom stereocenters. The van der Waals surface area contributed by atoms with Gasteiger partial charge in [0.15, 0.2) is 0 Å². The Bertz CT molecular complexity index is 414. The van der Waals surface area contributed by atoms with Gasteiger partial charge in [0.1, 0.15) is 0 Å². The van der Waals surface area contributed by atoms with Crippen LogP contribution in [0.4, 0.5) is 0 Å². The first-order valence-corrected chi connectivity index (χ1v) is 9.04. The molecule has 0 aliphatic rings. The fourth-order valence-corrected chi connectivity index (χ4v) is 3.52. The van der Waals surface area contributed by atoms with E-state index in [0.29, 0.717) is 6.04 Å². The molecule has 21 heavy (non-hydrogen) atoms. The van der Waals surface area contributed by atoms with Gasteiger partial charge in [-0.25, -0.2) is 4.98 Å². The highest BCUT2D eigenvalue weighted by molar-refractivity contribution is 7.11. The summed E-state index contributed by atoms with van der Waals surface area (Å²) in [6, 6.07) is 0.513. The van der Waals surface area contributed by atoms with Gasteiger partial charge in [0.2, 0.25) is 0 Å². The van der Waals surface area contributed by atoms with Crippen molar-refractivity contribution in [1.29, 1.82) is 0 Å². The fraction of sp³-hybridized carbons (Fsp3) is 0.824. The molecule has 1 aromatic rings. The molecule has 0 amide bonds. The summed E-state index contributed by atoms with van der Waals surface area (Å²) in [5.74, 6) is 0. The minimum atomic E-state index is 0.123. The zero-order chi connectivity index (χ0) is 16.0. The topological polar surface area (TPSA) is 28.2 Å². The van der Waals surface area contributed by atoms with E-state index in [0.717, 1.165) is 32.6 Å². The van der Waals surface area contributed by atoms with E-state index in [1.54, 1.807) is 0 Å². The lowest BCUT2D eigenvalue weighted by molar-refractivity contribution is 0.307. The van der Waals surface area contributed by atoms with Gasteiger partial charge in [-0.15, -0.1) is 11.3 Å². The van der Waals surface area contributed by atoms with Crippen LogP contribution in [0.25, 0.3) is 0 Å². The van der Waals surface area contributed by atoms with Crippen LogP contribution in [0.3, 0.4) is 0 Å². The van der Waals surface area contributed by atoms with E-state index in [-0.39, 0.29) is 5.41 Å². The predicted octanol–water partition coefficient (Wildman–Crippen LogP) is 3.82. The van der Waals surface area contributed by atoms with Gasteiger partial charge >= 0.3 is 0 Å². The van der Waals surface area contributed by atoms with Gasteiger partial charge in [-0.2, -0.15) is 0 Å². The van der Waals surface area contributed by atoms with Gasteiger partial charge in [0.25, 0.3) is 0 Å². The Morgan fingerprint density at radius 3 is 2.29 bits per heavy atom. The maximum atomic E-state index is 4.95. The minimum absolute atomic E-state index is 0.123. The molecule has 0 saturated carbocycles. The smallest absolute Gasteiger partial charge is 0.0944 e. The molecule has 3 nitrogen and oxygen atoms in total. The van der Waals surface area contributed by atoms with Gasteiger partial charge in [-0.1, -0.05) is 48.5 Å². The first-order valence-electron chi connectivity index (χ1n) is 8.22. The molecule has 4 heteroatoms. The highest BCUT2D eigenvalue weighted by Crippen LogP contribution is 2.30. The first-order chi connectivity index (χ1) is 9.77. The predicted molar refractivity (Wildman–Crippen MR) is 94.3 cm³/mol. The molecule has 1 aromatic heterocycles. The van der Waals surface area contributed by atoms with Crippen molar-refractivity contribution in [1.82, 2.24) is 15.2 Å². The Balaban J connectivity index is 2.82. The molecule has 0 saturated heterocycles. The van der Waals surface area contributed by atoms with Crippen molar-refractivity contribution < 1.29 is 0 Å². The number of aromatic nitrogens is 1. The van der Waals surface area contributed by atoms with Crippen LogP contribution in [-0.4, -0.2) is 35.6 Å². The van der Waals surface area contributed by atoms with Crippen molar-refractivity contribution in [2.45, 2.75) is 72.9 Å². The molecule has 0 spiro atoms. The summed E-state index contributed by atoms with van der Waals surface area (Å²) >= 11 is 1.89. The van der Waals surface area contributed by atoms with Crippen molar-refractivity contribution in [2.75, 3.05) is 19.6 Å². The third-order valence-electron chi connectivity index (χ3n) is 3.66. The Morgan fingerprint density at radius 2 is 1.81 bits per heavy atom. The lowest BCUT2D eigenvalue weighted by Gasteiger charge is -2.18. The van der Waals surface area contributed by atoms with E-state index >= 15 is 0 Å². The van der Waals surface area contributed by atoms with Crippen molar-refractivity contribution in [2.24, 2.45) is 0 Å². The Hall–Kier alpha value is -0.450. The molecule has 0 atom stereocenters. The average molecular weight is 312 g/mol. The van der Waals surface area contributed by atoms with E-state index in [2.05, 4.69) is 58.7 Å². The lowest BCUT2D eigenvalue weighted by atomic mass is 9.91. The molecule has 0 fully saturated rings. The third-order valence-corrected chi connectivity index (χ3v) is 4.77. The standard InChI is InChI=1S/C17H33N3S/c1-8-20(9-2)11-10-15-19-16(17(5,6)7)14(21-15)12-18-13(3)4/h13,18H,8-12H2,1-7H3. The van der Waals surface area contributed by atoms with Gasteiger partial charge in [0.05, 0.1) is 10.7 Å². The number of rotatable bonds is 8. The monoisotopic (exact) mass is 311 g/mol. The van der Waals surface area contributed by atoms with Crippen LogP contribution >= 0.6 is 11.3 Å². The number of thiazole rings is 1. The summed E-state index contributed by atoms with van der Waals surface area (Å²) in [6.07, 6.45) is 1.07. The highest BCUT2D eigenvalue weighted by atomic mass is 32.1. The van der Waals surface area contributed by atoms with Crippen LogP contribution < -0.4 is 5.32 Å². The summed E-state index contributed by atoms with van der Waals surface area (Å²) < 4.78 is 0. The van der Waals surface area contributed by atoms with Crippen LogP contribution in [-0.2, 0) is 18.4 Å². The second kappa shape index (κ2) is 8.25. The number of likely N-dealkylation sites (N-methyl/N-ethyl adjacent to an activating group) is 1. The van der Waals surface area contributed by atoms with Crippen LogP contribution in [0.5, 0.6) is 0 Å². The molecule has 0 aliphatic carbocycles. The summed E-state index contributed by atoms with van der Waals surface area (Å²) in [4.78, 5) is 8.82.